The van der Waals surface area contributed by atoms with E-state index in [9.17, 15) is 9.18 Å². The minimum absolute atomic E-state index is 0.0334. The molecule has 0 unspecified atom stereocenters. The highest BCUT2D eigenvalue weighted by Gasteiger charge is 2.40. The Labute approximate surface area is 157 Å². The van der Waals surface area contributed by atoms with Gasteiger partial charge in [0.25, 0.3) is 0 Å². The van der Waals surface area contributed by atoms with Crippen molar-refractivity contribution in [3.8, 4) is 6.07 Å². The molecule has 4 rings (SSSR count). The van der Waals surface area contributed by atoms with Gasteiger partial charge in [-0.05, 0) is 43.9 Å². The lowest BCUT2D eigenvalue weighted by Crippen LogP contribution is -2.38. The van der Waals surface area contributed by atoms with Crippen molar-refractivity contribution in [1.29, 1.82) is 5.26 Å². The Balaban J connectivity index is 1.34. The van der Waals surface area contributed by atoms with Gasteiger partial charge in [0.2, 0.25) is 5.91 Å². The Bertz CT molecular complexity index is 903. The highest BCUT2D eigenvalue weighted by Crippen LogP contribution is 2.47. The number of anilines is 2. The fourth-order valence-corrected chi connectivity index (χ4v) is 3.60. The first-order valence-corrected chi connectivity index (χ1v) is 9.30. The Hall–Kier alpha value is -2.88. The molecule has 0 radical (unpaired) electrons. The van der Waals surface area contributed by atoms with Gasteiger partial charge >= 0.3 is 0 Å². The lowest BCUT2D eigenvalue weighted by atomic mass is 9.95. The standard InChI is InChI=1S/C20H22FN5O/c1-20(6-7-20)17-11-18(25-24-17)23-19(27)14-4-8-26(9-5-14)16-3-2-13(12-22)10-15(16)21/h2-3,10-11,14H,4-9H2,1H3,(H2,23,24,25,27). The van der Waals surface area contributed by atoms with Gasteiger partial charge < -0.3 is 10.2 Å². The molecule has 1 saturated heterocycles. The number of amides is 1. The molecule has 2 heterocycles. The normalized spacial score (nSPS) is 18.8. The summed E-state index contributed by atoms with van der Waals surface area (Å²) in [7, 11) is 0. The number of carbonyl (C=O) groups excluding carboxylic acids is 1. The molecule has 2 N–H and O–H groups in total. The summed E-state index contributed by atoms with van der Waals surface area (Å²) in [6, 6.07) is 8.37. The molecule has 0 atom stereocenters. The third-order valence-corrected chi connectivity index (χ3v) is 5.76. The van der Waals surface area contributed by atoms with E-state index in [-0.39, 0.29) is 17.2 Å². The monoisotopic (exact) mass is 367 g/mol. The van der Waals surface area contributed by atoms with E-state index in [1.165, 1.54) is 6.07 Å². The quantitative estimate of drug-likeness (QED) is 0.868. The van der Waals surface area contributed by atoms with Crippen LogP contribution in [0.25, 0.3) is 0 Å². The van der Waals surface area contributed by atoms with E-state index >= 15 is 0 Å². The van der Waals surface area contributed by atoms with Crippen molar-refractivity contribution in [1.82, 2.24) is 10.2 Å². The fraction of sp³-hybridized carbons (Fsp3) is 0.450. The number of nitriles is 1. The van der Waals surface area contributed by atoms with E-state index in [0.717, 1.165) is 18.5 Å². The van der Waals surface area contributed by atoms with Crippen LogP contribution in [0.5, 0.6) is 0 Å². The first-order chi connectivity index (χ1) is 13.0. The summed E-state index contributed by atoms with van der Waals surface area (Å²) in [5, 5.41) is 19.0. The van der Waals surface area contributed by atoms with Crippen molar-refractivity contribution in [3.05, 3.63) is 41.3 Å². The van der Waals surface area contributed by atoms with Crippen LogP contribution in [0.1, 0.15) is 43.9 Å². The molecule has 2 fully saturated rings. The Morgan fingerprint density at radius 3 is 2.74 bits per heavy atom. The van der Waals surface area contributed by atoms with Crippen molar-refractivity contribution >= 4 is 17.4 Å². The van der Waals surface area contributed by atoms with Gasteiger partial charge in [-0.25, -0.2) is 4.39 Å². The molecule has 1 aliphatic carbocycles. The Morgan fingerprint density at radius 2 is 2.11 bits per heavy atom. The maximum absolute atomic E-state index is 14.2. The summed E-state index contributed by atoms with van der Waals surface area (Å²) < 4.78 is 14.2. The van der Waals surface area contributed by atoms with E-state index in [1.54, 1.807) is 12.1 Å². The van der Waals surface area contributed by atoms with Gasteiger partial charge in [-0.1, -0.05) is 6.92 Å². The molecule has 0 spiro atoms. The van der Waals surface area contributed by atoms with Crippen molar-refractivity contribution in [3.63, 3.8) is 0 Å². The zero-order chi connectivity index (χ0) is 19.0. The van der Waals surface area contributed by atoms with Crippen molar-refractivity contribution < 1.29 is 9.18 Å². The predicted molar refractivity (Wildman–Crippen MR) is 99.9 cm³/mol. The van der Waals surface area contributed by atoms with E-state index in [2.05, 4.69) is 22.4 Å². The number of nitrogens with one attached hydrogen (secondary N) is 2. The van der Waals surface area contributed by atoms with Gasteiger partial charge in [0.1, 0.15) is 5.82 Å². The number of hydrogen-bond acceptors (Lipinski definition) is 4. The van der Waals surface area contributed by atoms with Crippen LogP contribution in [0.4, 0.5) is 15.9 Å². The van der Waals surface area contributed by atoms with Crippen molar-refractivity contribution in [2.24, 2.45) is 5.92 Å². The molecule has 7 heteroatoms. The van der Waals surface area contributed by atoms with Crippen LogP contribution in [-0.2, 0) is 10.2 Å². The maximum Gasteiger partial charge on any atom is 0.228 e. The lowest BCUT2D eigenvalue weighted by molar-refractivity contribution is -0.120. The number of aromatic nitrogens is 2. The predicted octanol–water partition coefficient (Wildman–Crippen LogP) is 3.33. The molecule has 2 aliphatic rings. The number of piperidine rings is 1. The van der Waals surface area contributed by atoms with Gasteiger partial charge in [-0.15, -0.1) is 0 Å². The molecule has 6 nitrogen and oxygen atoms in total. The number of halogens is 1. The Morgan fingerprint density at radius 1 is 1.37 bits per heavy atom. The summed E-state index contributed by atoms with van der Waals surface area (Å²) >= 11 is 0. The second-order valence-electron chi connectivity index (χ2n) is 7.76. The molecule has 140 valence electrons. The number of rotatable bonds is 4. The molecule has 1 aromatic carbocycles. The molecular weight excluding hydrogens is 345 g/mol. The third-order valence-electron chi connectivity index (χ3n) is 5.76. The highest BCUT2D eigenvalue weighted by atomic mass is 19.1. The maximum atomic E-state index is 14.2. The molecule has 1 saturated carbocycles. The molecular formula is C20H22FN5O. The number of aromatic amines is 1. The number of nitrogens with zero attached hydrogens (tertiary/aromatic N) is 3. The first kappa shape index (κ1) is 17.5. The zero-order valence-electron chi connectivity index (χ0n) is 15.3. The number of benzene rings is 1. The Kier molecular flexibility index (Phi) is 4.34. The smallest absolute Gasteiger partial charge is 0.228 e. The molecule has 1 aromatic heterocycles. The van der Waals surface area contributed by atoms with Crippen molar-refractivity contribution in [2.45, 2.75) is 38.0 Å². The number of H-pyrrole nitrogens is 1. The highest BCUT2D eigenvalue weighted by molar-refractivity contribution is 5.91. The van der Waals surface area contributed by atoms with Gasteiger partial charge in [0.05, 0.1) is 17.3 Å². The molecule has 1 amide bonds. The second kappa shape index (κ2) is 6.69. The van der Waals surface area contributed by atoms with E-state index < -0.39 is 5.82 Å². The van der Waals surface area contributed by atoms with Gasteiger partial charge in [-0.2, -0.15) is 10.4 Å². The summed E-state index contributed by atoms with van der Waals surface area (Å²) in [6.07, 6.45) is 3.60. The molecule has 2 aromatic rings. The van der Waals surface area contributed by atoms with Gasteiger partial charge in [0.15, 0.2) is 5.82 Å². The number of carbonyl (C=O) groups is 1. The van der Waals surface area contributed by atoms with E-state index in [4.69, 9.17) is 5.26 Å². The summed E-state index contributed by atoms with van der Waals surface area (Å²) in [5.74, 6) is 0.0339. The van der Waals surface area contributed by atoms with E-state index in [0.29, 0.717) is 43.0 Å². The summed E-state index contributed by atoms with van der Waals surface area (Å²) in [5.41, 5.74) is 2.06. The molecule has 1 aliphatic heterocycles. The van der Waals surface area contributed by atoms with Crippen LogP contribution in [-0.4, -0.2) is 29.2 Å². The molecule has 0 bridgehead atoms. The van der Waals surface area contributed by atoms with Crippen LogP contribution in [0.2, 0.25) is 0 Å². The second-order valence-corrected chi connectivity index (χ2v) is 7.76. The van der Waals surface area contributed by atoms with Crippen LogP contribution < -0.4 is 10.2 Å². The average molecular weight is 367 g/mol. The van der Waals surface area contributed by atoms with E-state index in [1.807, 2.05) is 17.0 Å². The first-order valence-electron chi connectivity index (χ1n) is 9.30. The summed E-state index contributed by atoms with van der Waals surface area (Å²) in [6.45, 7) is 3.39. The van der Waals surface area contributed by atoms with Gasteiger partial charge in [0, 0.05) is 36.2 Å². The zero-order valence-corrected chi connectivity index (χ0v) is 15.3. The third kappa shape index (κ3) is 3.52. The fourth-order valence-electron chi connectivity index (χ4n) is 3.60. The minimum Gasteiger partial charge on any atom is -0.369 e. The summed E-state index contributed by atoms with van der Waals surface area (Å²) in [4.78, 5) is 14.5. The van der Waals surface area contributed by atoms with Crippen LogP contribution in [0.15, 0.2) is 24.3 Å². The SMILES string of the molecule is CC1(c2cc(NC(=O)C3CCN(c4ccc(C#N)cc4F)CC3)n[nH]2)CC1. The van der Waals surface area contributed by atoms with Crippen LogP contribution in [0, 0.1) is 23.1 Å². The van der Waals surface area contributed by atoms with Crippen LogP contribution >= 0.6 is 0 Å². The molecule has 27 heavy (non-hydrogen) atoms. The van der Waals surface area contributed by atoms with Crippen LogP contribution in [0.3, 0.4) is 0 Å². The topological polar surface area (TPSA) is 84.8 Å². The van der Waals surface area contributed by atoms with Gasteiger partial charge in [-0.3, -0.25) is 9.89 Å². The largest absolute Gasteiger partial charge is 0.369 e. The number of hydrogen-bond donors (Lipinski definition) is 2. The average Bonchev–Trinajstić information content (AvgIpc) is 3.25. The minimum atomic E-state index is -0.394. The van der Waals surface area contributed by atoms with Crippen molar-refractivity contribution in [2.75, 3.05) is 23.3 Å². The lowest BCUT2D eigenvalue weighted by Gasteiger charge is -2.33.